The van der Waals surface area contributed by atoms with E-state index in [0.717, 1.165) is 27.8 Å². The minimum Gasteiger partial charge on any atom is -0.492 e. The Balaban J connectivity index is 1.83. The van der Waals surface area contributed by atoms with Crippen LogP contribution in [-0.2, 0) is 5.41 Å². The summed E-state index contributed by atoms with van der Waals surface area (Å²) in [5.74, 6) is 0.937. The zero-order valence-corrected chi connectivity index (χ0v) is 14.7. The summed E-state index contributed by atoms with van der Waals surface area (Å²) in [5, 5.41) is 1.93. The fourth-order valence-corrected chi connectivity index (χ4v) is 2.75. The number of carbonyl (C=O) groups is 1. The number of nitrogens with zero attached hydrogens (tertiary/aromatic N) is 1. The Bertz CT molecular complexity index is 954. The molecule has 134 valence electrons. The van der Waals surface area contributed by atoms with Crippen LogP contribution in [0.15, 0.2) is 54.7 Å². The smallest absolute Gasteiger partial charge is 0.411 e. The summed E-state index contributed by atoms with van der Waals surface area (Å²) in [6, 6.07) is 15.1. The van der Waals surface area contributed by atoms with Gasteiger partial charge < -0.3 is 20.9 Å². The van der Waals surface area contributed by atoms with Gasteiger partial charge in [0.2, 0.25) is 5.88 Å². The second-order valence-electron chi connectivity index (χ2n) is 6.67. The molecule has 0 aliphatic rings. The van der Waals surface area contributed by atoms with Crippen LogP contribution in [0.1, 0.15) is 19.4 Å². The maximum absolute atomic E-state index is 10.9. The number of nitrogen functional groups attached to an aromatic ring is 1. The minimum atomic E-state index is -0.892. The van der Waals surface area contributed by atoms with E-state index in [4.69, 9.17) is 20.9 Å². The van der Waals surface area contributed by atoms with Crippen LogP contribution in [-0.4, -0.2) is 17.7 Å². The molecule has 0 saturated carbocycles. The van der Waals surface area contributed by atoms with E-state index in [0.29, 0.717) is 6.61 Å². The molecule has 0 bridgehead atoms. The fourth-order valence-electron chi connectivity index (χ4n) is 2.75. The number of aromatic nitrogens is 1. The third kappa shape index (κ3) is 3.69. The van der Waals surface area contributed by atoms with Gasteiger partial charge in [0.05, 0.1) is 6.61 Å². The molecule has 1 aromatic heterocycles. The molecule has 3 rings (SSSR count). The van der Waals surface area contributed by atoms with E-state index in [-0.39, 0.29) is 11.3 Å². The predicted octanol–water partition coefficient (Wildman–Crippen LogP) is 3.63. The van der Waals surface area contributed by atoms with Crippen molar-refractivity contribution < 1.29 is 14.3 Å². The number of carbonyl (C=O) groups excluding carboxylic acids is 1. The summed E-state index contributed by atoms with van der Waals surface area (Å²) in [4.78, 5) is 14.9. The average Bonchev–Trinajstić information content (AvgIpc) is 2.61. The molecule has 0 radical (unpaired) electrons. The largest absolute Gasteiger partial charge is 0.492 e. The highest BCUT2D eigenvalue weighted by Gasteiger charge is 2.23. The monoisotopic (exact) mass is 351 g/mol. The number of hydrogen-bond donors (Lipinski definition) is 2. The van der Waals surface area contributed by atoms with Gasteiger partial charge in [-0.25, -0.2) is 9.78 Å². The molecule has 0 unspecified atom stereocenters. The molecule has 6 nitrogen and oxygen atoms in total. The SMILES string of the molecule is CC(C)(COc1ccc(N)c2ccccc12)c1ccnc(OC(N)=O)c1. The van der Waals surface area contributed by atoms with Crippen molar-refractivity contribution in [2.24, 2.45) is 5.73 Å². The normalized spacial score (nSPS) is 11.3. The van der Waals surface area contributed by atoms with Crippen molar-refractivity contribution in [1.82, 2.24) is 4.98 Å². The molecule has 0 fully saturated rings. The summed E-state index contributed by atoms with van der Waals surface area (Å²) >= 11 is 0. The minimum absolute atomic E-state index is 0.168. The van der Waals surface area contributed by atoms with E-state index in [2.05, 4.69) is 4.98 Å². The first-order chi connectivity index (χ1) is 12.4. The third-order valence-corrected chi connectivity index (χ3v) is 4.23. The fraction of sp³-hybridized carbons (Fsp3) is 0.200. The highest BCUT2D eigenvalue weighted by atomic mass is 16.6. The Morgan fingerprint density at radius 2 is 1.85 bits per heavy atom. The van der Waals surface area contributed by atoms with Crippen molar-refractivity contribution in [2.75, 3.05) is 12.3 Å². The molecular formula is C20H21N3O3. The van der Waals surface area contributed by atoms with Crippen LogP contribution in [0.5, 0.6) is 11.6 Å². The number of nitrogens with two attached hydrogens (primary N) is 2. The molecule has 2 aromatic carbocycles. The molecule has 0 aliphatic carbocycles. The Morgan fingerprint density at radius 1 is 1.12 bits per heavy atom. The number of ether oxygens (including phenoxy) is 2. The number of benzene rings is 2. The zero-order valence-electron chi connectivity index (χ0n) is 14.7. The number of hydrogen-bond acceptors (Lipinski definition) is 5. The first-order valence-corrected chi connectivity index (χ1v) is 8.21. The van der Waals surface area contributed by atoms with Crippen LogP contribution in [0, 0.1) is 0 Å². The van der Waals surface area contributed by atoms with Gasteiger partial charge in [0.25, 0.3) is 0 Å². The van der Waals surface area contributed by atoms with Gasteiger partial charge in [-0.1, -0.05) is 38.1 Å². The maximum atomic E-state index is 10.9. The first-order valence-electron chi connectivity index (χ1n) is 8.21. The van der Waals surface area contributed by atoms with Gasteiger partial charge in [0.1, 0.15) is 5.75 Å². The van der Waals surface area contributed by atoms with Crippen molar-refractivity contribution in [2.45, 2.75) is 19.3 Å². The van der Waals surface area contributed by atoms with Gasteiger partial charge in [0.15, 0.2) is 0 Å². The lowest BCUT2D eigenvalue weighted by atomic mass is 9.86. The molecule has 6 heteroatoms. The Morgan fingerprint density at radius 3 is 2.58 bits per heavy atom. The molecule has 0 atom stereocenters. The standard InChI is InChI=1S/C20H21N3O3/c1-20(2,13-9-10-23-18(11-13)26-19(22)24)12-25-17-8-7-16(21)14-5-3-4-6-15(14)17/h3-11H,12,21H2,1-2H3,(H2,22,24). The van der Waals surface area contributed by atoms with E-state index < -0.39 is 6.09 Å². The number of fused-ring (bicyclic) bond motifs is 1. The van der Waals surface area contributed by atoms with E-state index >= 15 is 0 Å². The van der Waals surface area contributed by atoms with Gasteiger partial charge in [-0.3, -0.25) is 0 Å². The van der Waals surface area contributed by atoms with Crippen LogP contribution in [0.2, 0.25) is 0 Å². The molecule has 3 aromatic rings. The second-order valence-corrected chi connectivity index (χ2v) is 6.67. The topological polar surface area (TPSA) is 100 Å². The molecule has 0 aliphatic heterocycles. The van der Waals surface area contributed by atoms with Gasteiger partial charge in [0, 0.05) is 34.1 Å². The number of pyridine rings is 1. The molecule has 1 amide bonds. The summed E-state index contributed by atoms with van der Waals surface area (Å²) in [6.07, 6.45) is 0.686. The van der Waals surface area contributed by atoms with Crippen molar-refractivity contribution in [1.29, 1.82) is 0 Å². The van der Waals surface area contributed by atoms with E-state index in [1.807, 2.05) is 56.3 Å². The van der Waals surface area contributed by atoms with E-state index in [1.165, 1.54) is 0 Å². The summed E-state index contributed by atoms with van der Waals surface area (Å²) in [7, 11) is 0. The summed E-state index contributed by atoms with van der Waals surface area (Å²) in [5.41, 5.74) is 12.4. The Kier molecular flexibility index (Phi) is 4.67. The van der Waals surface area contributed by atoms with Crippen molar-refractivity contribution in [3.8, 4) is 11.6 Å². The highest BCUT2D eigenvalue weighted by molar-refractivity contribution is 5.96. The highest BCUT2D eigenvalue weighted by Crippen LogP contribution is 2.32. The summed E-state index contributed by atoms with van der Waals surface area (Å²) < 4.78 is 11.0. The summed E-state index contributed by atoms with van der Waals surface area (Å²) in [6.45, 7) is 4.49. The second kappa shape index (κ2) is 6.92. The van der Waals surface area contributed by atoms with E-state index in [9.17, 15) is 4.79 Å². The lowest BCUT2D eigenvalue weighted by Gasteiger charge is -2.26. The Labute approximate surface area is 151 Å². The molecule has 0 spiro atoms. The van der Waals surface area contributed by atoms with Crippen molar-refractivity contribution in [3.05, 3.63) is 60.3 Å². The molecule has 0 saturated heterocycles. The van der Waals surface area contributed by atoms with Crippen molar-refractivity contribution in [3.63, 3.8) is 0 Å². The molecular weight excluding hydrogens is 330 g/mol. The molecule has 26 heavy (non-hydrogen) atoms. The van der Waals surface area contributed by atoms with Crippen LogP contribution in [0.25, 0.3) is 10.8 Å². The van der Waals surface area contributed by atoms with Crippen LogP contribution >= 0.6 is 0 Å². The number of rotatable bonds is 5. The van der Waals surface area contributed by atoms with Crippen LogP contribution in [0.4, 0.5) is 10.5 Å². The lowest BCUT2D eigenvalue weighted by Crippen LogP contribution is -2.26. The van der Waals surface area contributed by atoms with Gasteiger partial charge in [-0.15, -0.1) is 0 Å². The number of anilines is 1. The van der Waals surface area contributed by atoms with Crippen molar-refractivity contribution >= 4 is 22.6 Å². The number of primary amides is 1. The van der Waals surface area contributed by atoms with Gasteiger partial charge >= 0.3 is 6.09 Å². The van der Waals surface area contributed by atoms with Gasteiger partial charge in [-0.05, 0) is 23.8 Å². The van der Waals surface area contributed by atoms with Crippen LogP contribution in [0.3, 0.4) is 0 Å². The van der Waals surface area contributed by atoms with Gasteiger partial charge in [-0.2, -0.15) is 0 Å². The quantitative estimate of drug-likeness (QED) is 0.684. The lowest BCUT2D eigenvalue weighted by molar-refractivity contribution is 0.208. The first kappa shape index (κ1) is 17.5. The van der Waals surface area contributed by atoms with Crippen LogP contribution < -0.4 is 20.9 Å². The maximum Gasteiger partial charge on any atom is 0.411 e. The third-order valence-electron chi connectivity index (χ3n) is 4.23. The zero-order chi connectivity index (χ0) is 18.7. The van der Waals surface area contributed by atoms with E-state index in [1.54, 1.807) is 12.3 Å². The predicted molar refractivity (Wildman–Crippen MR) is 101 cm³/mol. The molecule has 1 heterocycles. The number of amides is 1. The average molecular weight is 351 g/mol. The molecule has 4 N–H and O–H groups in total. The Hall–Kier alpha value is -3.28.